The number of carboxylic acids is 1. The van der Waals surface area contributed by atoms with E-state index in [2.05, 4.69) is 6.92 Å². The molecule has 0 rings (SSSR count). The van der Waals surface area contributed by atoms with Crippen LogP contribution in [0.1, 0.15) is 60.3 Å². The van der Waals surface area contributed by atoms with Gasteiger partial charge in [0.15, 0.2) is 0 Å². The maximum absolute atomic E-state index is 10.5. The van der Waals surface area contributed by atoms with Crippen molar-refractivity contribution in [3.63, 3.8) is 0 Å². The minimum absolute atomic E-state index is 0.0775. The molecule has 0 unspecified atom stereocenters. The van der Waals surface area contributed by atoms with Crippen molar-refractivity contribution in [2.24, 2.45) is 5.41 Å². The Morgan fingerprint density at radius 1 is 1.18 bits per heavy atom. The average molecular weight is 246 g/mol. The number of esters is 1. The lowest BCUT2D eigenvalue weighted by Crippen LogP contribution is -2.11. The molecule has 17 heavy (non-hydrogen) atoms. The maximum atomic E-state index is 10.5. The topological polar surface area (TPSA) is 63.6 Å². The lowest BCUT2D eigenvalue weighted by Gasteiger charge is -2.13. The fourth-order valence-corrected chi connectivity index (χ4v) is 0.886. The van der Waals surface area contributed by atoms with E-state index in [1.165, 1.54) is 0 Å². The third-order valence-electron chi connectivity index (χ3n) is 1.73. The van der Waals surface area contributed by atoms with Gasteiger partial charge in [0.2, 0.25) is 0 Å². The van der Waals surface area contributed by atoms with E-state index in [1.54, 1.807) is 6.92 Å². The van der Waals surface area contributed by atoms with Crippen LogP contribution in [0.5, 0.6) is 0 Å². The summed E-state index contributed by atoms with van der Waals surface area (Å²) >= 11 is 0. The number of hydrogen-bond donors (Lipinski definition) is 1. The van der Waals surface area contributed by atoms with Crippen LogP contribution in [0.2, 0.25) is 0 Å². The fraction of sp³-hybridized carbons (Fsp3) is 0.846. The van der Waals surface area contributed by atoms with Crippen LogP contribution >= 0.6 is 0 Å². The van der Waals surface area contributed by atoms with E-state index in [4.69, 9.17) is 9.84 Å². The summed E-state index contributed by atoms with van der Waals surface area (Å²) in [5.41, 5.74) is -0.0775. The summed E-state index contributed by atoms with van der Waals surface area (Å²) in [4.78, 5) is 20.5. The van der Waals surface area contributed by atoms with Gasteiger partial charge in [0.1, 0.15) is 0 Å². The van der Waals surface area contributed by atoms with E-state index in [0.717, 1.165) is 12.8 Å². The zero-order valence-electron chi connectivity index (χ0n) is 11.7. The second-order valence-corrected chi connectivity index (χ2v) is 5.06. The van der Waals surface area contributed by atoms with Crippen LogP contribution in [-0.4, -0.2) is 23.7 Å². The average Bonchev–Trinajstić information content (AvgIpc) is 2.15. The molecular formula is C13H26O4. The number of rotatable bonds is 5. The molecule has 0 spiro atoms. The molecule has 102 valence electrons. The summed E-state index contributed by atoms with van der Waals surface area (Å²) in [6.45, 7) is 10.2. The second-order valence-electron chi connectivity index (χ2n) is 5.06. The van der Waals surface area contributed by atoms with Crippen molar-refractivity contribution in [2.75, 3.05) is 6.61 Å². The molecule has 0 aliphatic carbocycles. The molecule has 0 fully saturated rings. The molecule has 0 aromatic heterocycles. The van der Waals surface area contributed by atoms with Crippen LogP contribution in [0.15, 0.2) is 0 Å². The van der Waals surface area contributed by atoms with Crippen molar-refractivity contribution in [1.82, 2.24) is 0 Å². The third kappa shape index (κ3) is 20.9. The molecule has 0 saturated heterocycles. The van der Waals surface area contributed by atoms with Gasteiger partial charge in [-0.3, -0.25) is 9.59 Å². The van der Waals surface area contributed by atoms with Crippen LogP contribution in [0, 0.1) is 5.41 Å². The molecule has 0 saturated carbocycles. The number of ether oxygens (including phenoxy) is 1. The Labute approximate surface area is 104 Å². The number of carboxylic acid groups (broad SMARTS) is 1. The molecule has 1 N–H and O–H groups in total. The van der Waals surface area contributed by atoms with E-state index in [9.17, 15) is 9.59 Å². The predicted octanol–water partition coefficient (Wildman–Crippen LogP) is 3.25. The first-order valence-electron chi connectivity index (χ1n) is 6.10. The SMILES string of the molecule is CC(C)(C)CC(=O)O.CCCCOC(=O)CC. The number of carbonyl (C=O) groups is 2. The summed E-state index contributed by atoms with van der Waals surface area (Å²) < 4.78 is 4.79. The highest BCUT2D eigenvalue weighted by Crippen LogP contribution is 2.17. The van der Waals surface area contributed by atoms with E-state index in [1.807, 2.05) is 20.8 Å². The van der Waals surface area contributed by atoms with Crippen molar-refractivity contribution in [2.45, 2.75) is 60.3 Å². The smallest absolute Gasteiger partial charge is 0.305 e. The van der Waals surface area contributed by atoms with Gasteiger partial charge in [-0.1, -0.05) is 41.0 Å². The first-order valence-corrected chi connectivity index (χ1v) is 6.10. The van der Waals surface area contributed by atoms with Gasteiger partial charge < -0.3 is 9.84 Å². The highest BCUT2D eigenvalue weighted by atomic mass is 16.5. The molecule has 4 nitrogen and oxygen atoms in total. The predicted molar refractivity (Wildman–Crippen MR) is 67.9 cm³/mol. The van der Waals surface area contributed by atoms with Gasteiger partial charge in [-0.25, -0.2) is 0 Å². The van der Waals surface area contributed by atoms with Gasteiger partial charge in [0.05, 0.1) is 13.0 Å². The molecule has 0 radical (unpaired) electrons. The highest BCUT2D eigenvalue weighted by molar-refractivity contribution is 5.68. The maximum Gasteiger partial charge on any atom is 0.305 e. The quantitative estimate of drug-likeness (QED) is 0.597. The van der Waals surface area contributed by atoms with Crippen LogP contribution < -0.4 is 0 Å². The standard InChI is InChI=1S/C7H14O2.C6H12O2/c1-3-5-6-9-7(8)4-2;1-6(2,3)4-5(7)8/h3-6H2,1-2H3;4H2,1-3H3,(H,7,8). The summed E-state index contributed by atoms with van der Waals surface area (Å²) in [7, 11) is 0. The molecule has 0 aromatic rings. The van der Waals surface area contributed by atoms with Crippen molar-refractivity contribution < 1.29 is 19.4 Å². The largest absolute Gasteiger partial charge is 0.481 e. The van der Waals surface area contributed by atoms with Gasteiger partial charge in [-0.2, -0.15) is 0 Å². The molecule has 0 amide bonds. The first kappa shape index (κ1) is 18.3. The van der Waals surface area contributed by atoms with E-state index in [0.29, 0.717) is 13.0 Å². The van der Waals surface area contributed by atoms with Gasteiger partial charge in [0, 0.05) is 6.42 Å². The Morgan fingerprint density at radius 3 is 1.94 bits per heavy atom. The molecular weight excluding hydrogens is 220 g/mol. The lowest BCUT2D eigenvalue weighted by molar-refractivity contribution is -0.143. The van der Waals surface area contributed by atoms with Gasteiger partial charge in [-0.05, 0) is 11.8 Å². The Balaban J connectivity index is 0. The van der Waals surface area contributed by atoms with Crippen molar-refractivity contribution in [1.29, 1.82) is 0 Å². The van der Waals surface area contributed by atoms with Gasteiger partial charge in [0.25, 0.3) is 0 Å². The first-order chi connectivity index (χ1) is 7.72. The van der Waals surface area contributed by atoms with E-state index < -0.39 is 5.97 Å². The Hall–Kier alpha value is -1.06. The van der Waals surface area contributed by atoms with Crippen LogP contribution in [-0.2, 0) is 14.3 Å². The molecule has 0 aliphatic rings. The lowest BCUT2D eigenvalue weighted by atomic mass is 9.93. The second kappa shape index (κ2) is 10.1. The molecule has 0 bridgehead atoms. The highest BCUT2D eigenvalue weighted by Gasteiger charge is 2.13. The molecule has 0 atom stereocenters. The zero-order valence-corrected chi connectivity index (χ0v) is 11.7. The Morgan fingerprint density at radius 2 is 1.71 bits per heavy atom. The monoisotopic (exact) mass is 246 g/mol. The minimum Gasteiger partial charge on any atom is -0.481 e. The zero-order chi connectivity index (χ0) is 13.9. The minimum atomic E-state index is -0.725. The van der Waals surface area contributed by atoms with E-state index >= 15 is 0 Å². The van der Waals surface area contributed by atoms with Crippen molar-refractivity contribution in [3.05, 3.63) is 0 Å². The van der Waals surface area contributed by atoms with Crippen molar-refractivity contribution >= 4 is 11.9 Å². The summed E-state index contributed by atoms with van der Waals surface area (Å²) in [6.07, 6.45) is 2.79. The summed E-state index contributed by atoms with van der Waals surface area (Å²) in [5.74, 6) is -0.819. The van der Waals surface area contributed by atoms with Crippen LogP contribution in [0.3, 0.4) is 0 Å². The summed E-state index contributed by atoms with van der Waals surface area (Å²) in [6, 6.07) is 0. The molecule has 0 aliphatic heterocycles. The normalized spacial score (nSPS) is 10.2. The molecule has 0 aromatic carbocycles. The van der Waals surface area contributed by atoms with Gasteiger partial charge >= 0.3 is 11.9 Å². The third-order valence-corrected chi connectivity index (χ3v) is 1.73. The Bertz CT molecular complexity index is 216. The van der Waals surface area contributed by atoms with Gasteiger partial charge in [-0.15, -0.1) is 0 Å². The molecule has 4 heteroatoms. The van der Waals surface area contributed by atoms with Crippen LogP contribution in [0.4, 0.5) is 0 Å². The van der Waals surface area contributed by atoms with E-state index in [-0.39, 0.29) is 17.8 Å². The van der Waals surface area contributed by atoms with Crippen molar-refractivity contribution in [3.8, 4) is 0 Å². The number of aliphatic carboxylic acids is 1. The fourth-order valence-electron chi connectivity index (χ4n) is 0.886. The number of carbonyl (C=O) groups excluding carboxylic acids is 1. The summed E-state index contributed by atoms with van der Waals surface area (Å²) in [5, 5.41) is 8.25. The molecule has 0 heterocycles. The number of unbranched alkanes of at least 4 members (excludes halogenated alkanes) is 1. The number of hydrogen-bond acceptors (Lipinski definition) is 3. The Kier molecular flexibility index (Phi) is 10.9. The van der Waals surface area contributed by atoms with Crippen LogP contribution in [0.25, 0.3) is 0 Å².